The molecule has 0 N–H and O–H groups in total. The highest BCUT2D eigenvalue weighted by molar-refractivity contribution is 6.06. The van der Waals surface area contributed by atoms with E-state index in [4.69, 9.17) is 0 Å². The fraction of sp³-hybridized carbons (Fsp3) is 0.0833. The maximum Gasteiger partial charge on any atom is 0.185 e. The van der Waals surface area contributed by atoms with Gasteiger partial charge in [0.15, 0.2) is 5.78 Å². The molecule has 0 radical (unpaired) electrons. The molecule has 0 atom stereocenters. The van der Waals surface area contributed by atoms with Crippen LogP contribution in [-0.4, -0.2) is 29.4 Å². The summed E-state index contributed by atoms with van der Waals surface area (Å²) < 4.78 is 2.02. The van der Waals surface area contributed by atoms with E-state index < -0.39 is 0 Å². The number of anilines is 1. The van der Waals surface area contributed by atoms with Gasteiger partial charge in [-0.3, -0.25) is 9.36 Å². The van der Waals surface area contributed by atoms with Gasteiger partial charge >= 0.3 is 0 Å². The largest absolute Gasteiger partial charge is 0.378 e. The van der Waals surface area contributed by atoms with E-state index >= 15 is 0 Å². The molecule has 0 fully saturated rings. The molecule has 4 rings (SSSR count). The van der Waals surface area contributed by atoms with Gasteiger partial charge in [0.05, 0.1) is 11.0 Å². The van der Waals surface area contributed by atoms with Crippen LogP contribution in [0.2, 0.25) is 0 Å². The summed E-state index contributed by atoms with van der Waals surface area (Å²) in [6.45, 7) is 0. The van der Waals surface area contributed by atoms with Crippen molar-refractivity contribution in [1.29, 1.82) is 0 Å². The van der Waals surface area contributed by atoms with Gasteiger partial charge in [-0.05, 0) is 60.2 Å². The molecule has 0 bridgehead atoms. The number of nitrogens with zero attached hydrogens (tertiary/aromatic N) is 3. The van der Waals surface area contributed by atoms with Crippen molar-refractivity contribution in [2.45, 2.75) is 0 Å². The third-order valence-corrected chi connectivity index (χ3v) is 4.72. The van der Waals surface area contributed by atoms with Crippen molar-refractivity contribution in [3.05, 3.63) is 96.3 Å². The second-order valence-corrected chi connectivity index (χ2v) is 6.83. The van der Waals surface area contributed by atoms with Crippen LogP contribution in [0.1, 0.15) is 15.9 Å². The summed E-state index contributed by atoms with van der Waals surface area (Å²) in [5.74, 6) is -0.0151. The Hall–Kier alpha value is -3.66. The predicted octanol–water partition coefficient (Wildman–Crippen LogP) is 4.99. The number of benzene rings is 3. The fourth-order valence-electron chi connectivity index (χ4n) is 3.10. The van der Waals surface area contributed by atoms with Crippen molar-refractivity contribution in [2.75, 3.05) is 19.0 Å². The number of imidazole rings is 1. The number of rotatable bonds is 5. The minimum Gasteiger partial charge on any atom is -0.378 e. The summed E-state index contributed by atoms with van der Waals surface area (Å²) in [5.41, 5.74) is 5.77. The number of ketones is 1. The first-order valence-electron chi connectivity index (χ1n) is 9.14. The Morgan fingerprint density at radius 1 is 0.929 bits per heavy atom. The Kier molecular flexibility index (Phi) is 4.77. The standard InChI is InChI=1S/C24H21N3O/c1-26(2)20-12-7-18(8-13-20)9-16-24(28)19-10-14-21(15-11-19)27-17-25-22-5-3-4-6-23(22)27/h3-17H,1-2H3/b16-9+. The molecular weight excluding hydrogens is 346 g/mol. The third kappa shape index (κ3) is 3.58. The lowest BCUT2D eigenvalue weighted by Crippen LogP contribution is -2.07. The van der Waals surface area contributed by atoms with Crippen molar-refractivity contribution in [2.24, 2.45) is 0 Å². The van der Waals surface area contributed by atoms with Crippen LogP contribution < -0.4 is 4.90 Å². The van der Waals surface area contributed by atoms with Gasteiger partial charge in [-0.1, -0.05) is 30.3 Å². The highest BCUT2D eigenvalue weighted by Crippen LogP contribution is 2.19. The minimum absolute atomic E-state index is 0.0151. The number of para-hydroxylation sites is 2. The average molecular weight is 367 g/mol. The summed E-state index contributed by atoms with van der Waals surface area (Å²) >= 11 is 0. The zero-order valence-corrected chi connectivity index (χ0v) is 15.9. The molecule has 4 nitrogen and oxygen atoms in total. The number of fused-ring (bicyclic) bond motifs is 1. The van der Waals surface area contributed by atoms with E-state index in [-0.39, 0.29) is 5.78 Å². The lowest BCUT2D eigenvalue weighted by molar-refractivity contribution is 0.104. The summed E-state index contributed by atoms with van der Waals surface area (Å²) in [5, 5.41) is 0. The molecule has 0 spiro atoms. The first-order valence-corrected chi connectivity index (χ1v) is 9.14. The van der Waals surface area contributed by atoms with Gasteiger partial charge in [0.2, 0.25) is 0 Å². The molecule has 0 aliphatic carbocycles. The summed E-state index contributed by atoms with van der Waals surface area (Å²) in [4.78, 5) is 18.9. The Balaban J connectivity index is 1.51. The van der Waals surface area contributed by atoms with Crippen LogP contribution in [0.15, 0.2) is 85.2 Å². The van der Waals surface area contributed by atoms with Crippen molar-refractivity contribution in [1.82, 2.24) is 9.55 Å². The normalized spacial score (nSPS) is 11.2. The molecule has 3 aromatic carbocycles. The first-order chi connectivity index (χ1) is 13.6. The monoisotopic (exact) mass is 367 g/mol. The Morgan fingerprint density at radius 3 is 2.36 bits per heavy atom. The van der Waals surface area contributed by atoms with Crippen LogP contribution >= 0.6 is 0 Å². The summed E-state index contributed by atoms with van der Waals surface area (Å²) in [6.07, 6.45) is 5.27. The topological polar surface area (TPSA) is 38.1 Å². The maximum absolute atomic E-state index is 12.5. The summed E-state index contributed by atoms with van der Waals surface area (Å²) in [7, 11) is 4.01. The van der Waals surface area contributed by atoms with Crippen LogP contribution in [0.25, 0.3) is 22.8 Å². The molecule has 0 aliphatic heterocycles. The van der Waals surface area contributed by atoms with E-state index in [2.05, 4.69) is 4.98 Å². The lowest BCUT2D eigenvalue weighted by Gasteiger charge is -2.11. The van der Waals surface area contributed by atoms with Gasteiger partial charge < -0.3 is 4.90 Å². The molecular formula is C24H21N3O. The maximum atomic E-state index is 12.5. The molecule has 0 unspecified atom stereocenters. The third-order valence-electron chi connectivity index (χ3n) is 4.72. The van der Waals surface area contributed by atoms with E-state index in [0.29, 0.717) is 5.56 Å². The van der Waals surface area contributed by atoms with Crippen molar-refractivity contribution >= 4 is 28.6 Å². The van der Waals surface area contributed by atoms with Gasteiger partial charge in [-0.15, -0.1) is 0 Å². The van der Waals surface area contributed by atoms with Crippen LogP contribution in [0.3, 0.4) is 0 Å². The van der Waals surface area contributed by atoms with E-state index in [1.54, 1.807) is 12.4 Å². The van der Waals surface area contributed by atoms with Gasteiger partial charge in [-0.2, -0.15) is 0 Å². The van der Waals surface area contributed by atoms with Crippen LogP contribution in [-0.2, 0) is 0 Å². The average Bonchev–Trinajstić information content (AvgIpc) is 3.16. The molecule has 28 heavy (non-hydrogen) atoms. The van der Waals surface area contributed by atoms with Crippen molar-refractivity contribution in [3.63, 3.8) is 0 Å². The Labute approximate surface area is 164 Å². The van der Waals surface area contributed by atoms with E-state index in [0.717, 1.165) is 28.0 Å². The van der Waals surface area contributed by atoms with Gasteiger partial charge in [-0.25, -0.2) is 4.98 Å². The Bertz CT molecular complexity index is 1140. The van der Waals surface area contributed by atoms with Crippen molar-refractivity contribution in [3.8, 4) is 5.69 Å². The second kappa shape index (κ2) is 7.53. The van der Waals surface area contributed by atoms with Crippen LogP contribution in [0.5, 0.6) is 0 Å². The quantitative estimate of drug-likeness (QED) is 0.368. The molecule has 0 saturated heterocycles. The lowest BCUT2D eigenvalue weighted by atomic mass is 10.1. The first kappa shape index (κ1) is 17.7. The molecule has 4 aromatic rings. The predicted molar refractivity (Wildman–Crippen MR) is 115 cm³/mol. The van der Waals surface area contributed by atoms with Gasteiger partial charge in [0, 0.05) is 31.0 Å². The number of carbonyl (C=O) groups is 1. The van der Waals surface area contributed by atoms with Crippen LogP contribution in [0, 0.1) is 0 Å². The molecule has 1 aromatic heterocycles. The Morgan fingerprint density at radius 2 is 1.64 bits per heavy atom. The molecule has 0 amide bonds. The number of hydrogen-bond donors (Lipinski definition) is 0. The van der Waals surface area contributed by atoms with Crippen LogP contribution in [0.4, 0.5) is 5.69 Å². The summed E-state index contributed by atoms with van der Waals surface area (Å²) in [6, 6.07) is 23.7. The van der Waals surface area contributed by atoms with Gasteiger partial charge in [0.25, 0.3) is 0 Å². The molecule has 0 aliphatic rings. The number of carbonyl (C=O) groups excluding carboxylic acids is 1. The molecule has 4 heteroatoms. The fourth-order valence-corrected chi connectivity index (χ4v) is 3.10. The zero-order chi connectivity index (χ0) is 19.5. The smallest absolute Gasteiger partial charge is 0.185 e. The van der Waals surface area contributed by atoms with E-state index in [9.17, 15) is 4.79 Å². The number of aromatic nitrogens is 2. The highest BCUT2D eigenvalue weighted by Gasteiger charge is 2.06. The van der Waals surface area contributed by atoms with E-state index in [1.165, 1.54) is 0 Å². The second-order valence-electron chi connectivity index (χ2n) is 6.83. The number of hydrogen-bond acceptors (Lipinski definition) is 3. The highest BCUT2D eigenvalue weighted by atomic mass is 16.1. The molecule has 1 heterocycles. The van der Waals surface area contributed by atoms with E-state index in [1.807, 2.05) is 102 Å². The van der Waals surface area contributed by atoms with Crippen molar-refractivity contribution < 1.29 is 4.79 Å². The minimum atomic E-state index is -0.0151. The number of allylic oxidation sites excluding steroid dienone is 1. The zero-order valence-electron chi connectivity index (χ0n) is 15.9. The SMILES string of the molecule is CN(C)c1ccc(/C=C/C(=O)c2ccc(-n3cnc4ccccc43)cc2)cc1. The molecule has 138 valence electrons. The van der Waals surface area contributed by atoms with Gasteiger partial charge in [0.1, 0.15) is 6.33 Å². The molecule has 0 saturated carbocycles.